The molecule has 1 atom stereocenters. The quantitative estimate of drug-likeness (QED) is 0.867. The summed E-state index contributed by atoms with van der Waals surface area (Å²) in [5, 5.41) is 9.14. The van der Waals surface area contributed by atoms with Crippen molar-refractivity contribution < 1.29 is 18.3 Å². The summed E-state index contributed by atoms with van der Waals surface area (Å²) < 4.78 is 38.4. The molecule has 1 N–H and O–H groups in total. The minimum Gasteiger partial charge on any atom is -0.394 e. The van der Waals surface area contributed by atoms with Crippen molar-refractivity contribution in [2.45, 2.75) is 25.1 Å². The van der Waals surface area contributed by atoms with Crippen LogP contribution in [-0.2, 0) is 6.18 Å². The van der Waals surface area contributed by atoms with Gasteiger partial charge in [0.05, 0.1) is 18.2 Å². The third-order valence-electron chi connectivity index (χ3n) is 2.95. The van der Waals surface area contributed by atoms with Gasteiger partial charge in [-0.15, -0.1) is 0 Å². The highest BCUT2D eigenvalue weighted by Gasteiger charge is 2.37. The molecule has 0 aromatic carbocycles. The molecule has 0 spiro atoms. The van der Waals surface area contributed by atoms with E-state index in [1.54, 1.807) is 4.90 Å². The van der Waals surface area contributed by atoms with Crippen molar-refractivity contribution in [3.05, 3.63) is 23.9 Å². The molecular weight excluding hydrogens is 233 g/mol. The van der Waals surface area contributed by atoms with E-state index in [0.717, 1.165) is 12.5 Å². The fourth-order valence-corrected chi connectivity index (χ4v) is 2.15. The largest absolute Gasteiger partial charge is 0.419 e. The number of aliphatic hydroxyl groups is 1. The highest BCUT2D eigenvalue weighted by atomic mass is 19.4. The van der Waals surface area contributed by atoms with Crippen LogP contribution < -0.4 is 4.90 Å². The van der Waals surface area contributed by atoms with Gasteiger partial charge in [0.15, 0.2) is 0 Å². The predicted molar refractivity (Wildman–Crippen MR) is 56.7 cm³/mol. The van der Waals surface area contributed by atoms with Gasteiger partial charge < -0.3 is 10.0 Å². The number of pyridine rings is 1. The molecule has 0 aliphatic carbocycles. The minimum atomic E-state index is -4.41. The Balaban J connectivity index is 2.38. The maximum absolute atomic E-state index is 12.8. The summed E-state index contributed by atoms with van der Waals surface area (Å²) in [4.78, 5) is 5.36. The second-order valence-electron chi connectivity index (χ2n) is 4.04. The molecule has 1 unspecified atom stereocenters. The van der Waals surface area contributed by atoms with Crippen molar-refractivity contribution in [2.24, 2.45) is 0 Å². The van der Waals surface area contributed by atoms with Crippen LogP contribution in [0.3, 0.4) is 0 Å². The monoisotopic (exact) mass is 246 g/mol. The summed E-state index contributed by atoms with van der Waals surface area (Å²) in [5.41, 5.74) is -0.736. The lowest BCUT2D eigenvalue weighted by Crippen LogP contribution is -2.34. The first-order chi connectivity index (χ1) is 8.04. The summed E-state index contributed by atoms with van der Waals surface area (Å²) in [6.07, 6.45) is -1.59. The Labute approximate surface area is 96.9 Å². The van der Waals surface area contributed by atoms with E-state index in [2.05, 4.69) is 4.98 Å². The van der Waals surface area contributed by atoms with Crippen LogP contribution in [0.25, 0.3) is 0 Å². The zero-order valence-corrected chi connectivity index (χ0v) is 9.11. The fraction of sp³-hybridized carbons (Fsp3) is 0.545. The molecule has 0 amide bonds. The van der Waals surface area contributed by atoms with Gasteiger partial charge in [0, 0.05) is 12.7 Å². The summed E-state index contributed by atoms with van der Waals surface area (Å²) in [7, 11) is 0. The molecule has 1 aliphatic rings. The van der Waals surface area contributed by atoms with Crippen LogP contribution in [0.2, 0.25) is 0 Å². The second kappa shape index (κ2) is 4.52. The van der Waals surface area contributed by atoms with Gasteiger partial charge in [-0.3, -0.25) is 0 Å². The van der Waals surface area contributed by atoms with Crippen LogP contribution in [0, 0.1) is 0 Å². The summed E-state index contributed by atoms with van der Waals surface area (Å²) in [6.45, 7) is 0.360. The first-order valence-corrected chi connectivity index (χ1v) is 5.43. The number of halogens is 3. The average molecular weight is 246 g/mol. The van der Waals surface area contributed by atoms with Crippen LogP contribution in [0.15, 0.2) is 18.3 Å². The first kappa shape index (κ1) is 12.2. The Morgan fingerprint density at radius 2 is 2.24 bits per heavy atom. The van der Waals surface area contributed by atoms with Crippen molar-refractivity contribution in [1.82, 2.24) is 4.98 Å². The molecule has 0 bridgehead atoms. The standard InChI is InChI=1S/C11H13F3N2O/c12-11(13,14)9-4-1-5-15-10(9)16-6-2-3-8(16)7-17/h1,4-5,8,17H,2-3,6-7H2. The number of rotatable bonds is 2. The van der Waals surface area contributed by atoms with Gasteiger partial charge in [-0.2, -0.15) is 13.2 Å². The summed E-state index contributed by atoms with van der Waals surface area (Å²) in [5.74, 6) is -0.0726. The van der Waals surface area contributed by atoms with Crippen molar-refractivity contribution >= 4 is 5.82 Å². The normalized spacial score (nSPS) is 20.9. The maximum atomic E-state index is 12.8. The molecule has 1 aliphatic heterocycles. The van der Waals surface area contributed by atoms with Gasteiger partial charge in [-0.25, -0.2) is 4.98 Å². The third kappa shape index (κ3) is 2.36. The molecular formula is C11H13F3N2O. The molecule has 1 fully saturated rings. The number of aliphatic hydroxyl groups excluding tert-OH is 1. The molecule has 0 saturated carbocycles. The lowest BCUT2D eigenvalue weighted by atomic mass is 10.2. The zero-order chi connectivity index (χ0) is 12.5. The van der Waals surface area contributed by atoms with Gasteiger partial charge in [0.25, 0.3) is 0 Å². The number of aromatic nitrogens is 1. The zero-order valence-electron chi connectivity index (χ0n) is 9.11. The Kier molecular flexibility index (Phi) is 3.24. The molecule has 0 radical (unpaired) electrons. The van der Waals surface area contributed by atoms with Crippen LogP contribution in [0.5, 0.6) is 0 Å². The van der Waals surface area contributed by atoms with Crippen molar-refractivity contribution in [3.8, 4) is 0 Å². The highest BCUT2D eigenvalue weighted by molar-refractivity contribution is 5.50. The Hall–Kier alpha value is -1.30. The van der Waals surface area contributed by atoms with Crippen molar-refractivity contribution in [1.29, 1.82) is 0 Å². The fourth-order valence-electron chi connectivity index (χ4n) is 2.15. The lowest BCUT2D eigenvalue weighted by molar-refractivity contribution is -0.137. The molecule has 2 rings (SSSR count). The molecule has 1 aromatic heterocycles. The highest BCUT2D eigenvalue weighted by Crippen LogP contribution is 2.37. The van der Waals surface area contributed by atoms with E-state index in [4.69, 9.17) is 5.11 Å². The number of alkyl halides is 3. The van der Waals surface area contributed by atoms with Gasteiger partial charge in [0.2, 0.25) is 0 Å². The average Bonchev–Trinajstić information content (AvgIpc) is 2.75. The maximum Gasteiger partial charge on any atom is 0.419 e. The summed E-state index contributed by atoms with van der Waals surface area (Å²) in [6, 6.07) is 2.04. The van der Waals surface area contributed by atoms with E-state index in [9.17, 15) is 13.2 Å². The Morgan fingerprint density at radius 3 is 2.88 bits per heavy atom. The third-order valence-corrected chi connectivity index (χ3v) is 2.95. The van der Waals surface area contributed by atoms with Crippen LogP contribution in [-0.4, -0.2) is 29.3 Å². The first-order valence-electron chi connectivity index (χ1n) is 5.43. The molecule has 2 heterocycles. The van der Waals surface area contributed by atoms with E-state index in [1.807, 2.05) is 0 Å². The SMILES string of the molecule is OCC1CCCN1c1ncccc1C(F)(F)F. The van der Waals surface area contributed by atoms with Gasteiger partial charge in [-0.05, 0) is 25.0 Å². The molecule has 3 nitrogen and oxygen atoms in total. The van der Waals surface area contributed by atoms with E-state index in [1.165, 1.54) is 12.3 Å². The minimum absolute atomic E-state index is 0.0726. The second-order valence-corrected chi connectivity index (χ2v) is 4.04. The van der Waals surface area contributed by atoms with Crippen LogP contribution in [0.4, 0.5) is 19.0 Å². The molecule has 17 heavy (non-hydrogen) atoms. The van der Waals surface area contributed by atoms with Crippen LogP contribution in [0.1, 0.15) is 18.4 Å². The molecule has 1 aromatic rings. The molecule has 6 heteroatoms. The predicted octanol–water partition coefficient (Wildman–Crippen LogP) is 2.06. The molecule has 94 valence electrons. The van der Waals surface area contributed by atoms with Gasteiger partial charge in [-0.1, -0.05) is 0 Å². The van der Waals surface area contributed by atoms with E-state index >= 15 is 0 Å². The number of hydrogen-bond donors (Lipinski definition) is 1. The van der Waals surface area contributed by atoms with Crippen molar-refractivity contribution in [2.75, 3.05) is 18.1 Å². The number of nitrogens with zero attached hydrogens (tertiary/aromatic N) is 2. The Bertz CT molecular complexity index is 395. The number of anilines is 1. The smallest absolute Gasteiger partial charge is 0.394 e. The lowest BCUT2D eigenvalue weighted by Gasteiger charge is -2.26. The number of hydrogen-bond acceptors (Lipinski definition) is 3. The van der Waals surface area contributed by atoms with E-state index < -0.39 is 11.7 Å². The van der Waals surface area contributed by atoms with Gasteiger partial charge in [0.1, 0.15) is 5.82 Å². The summed E-state index contributed by atoms with van der Waals surface area (Å²) >= 11 is 0. The Morgan fingerprint density at radius 1 is 1.47 bits per heavy atom. The topological polar surface area (TPSA) is 36.4 Å². The van der Waals surface area contributed by atoms with Crippen LogP contribution >= 0.6 is 0 Å². The van der Waals surface area contributed by atoms with E-state index in [-0.39, 0.29) is 18.5 Å². The van der Waals surface area contributed by atoms with Gasteiger partial charge >= 0.3 is 6.18 Å². The van der Waals surface area contributed by atoms with Crippen molar-refractivity contribution in [3.63, 3.8) is 0 Å². The molecule has 1 saturated heterocycles. The van der Waals surface area contributed by atoms with E-state index in [0.29, 0.717) is 13.0 Å².